The maximum Gasteiger partial charge on any atom is -0.00488 e. The van der Waals surface area contributed by atoms with Gasteiger partial charge in [-0.25, -0.2) is 0 Å². The van der Waals surface area contributed by atoms with Crippen LogP contribution in [0.25, 0.3) is 0 Å². The molecule has 60 valence electrons. The molecule has 0 aromatic carbocycles. The van der Waals surface area contributed by atoms with E-state index in [-0.39, 0.29) is 0 Å². The summed E-state index contributed by atoms with van der Waals surface area (Å²) in [6.45, 7) is 5.61. The van der Waals surface area contributed by atoms with E-state index in [1.807, 2.05) is 0 Å². The zero-order valence-electron chi connectivity index (χ0n) is 7.14. The Kier molecular flexibility index (Phi) is 2.72. The highest BCUT2D eigenvalue weighted by Crippen LogP contribution is 2.32. The Hall–Kier alpha value is -0.0400. The summed E-state index contributed by atoms with van der Waals surface area (Å²) in [6.07, 6.45) is 4.11. The minimum absolute atomic E-state index is 0.825. The molecule has 0 aromatic heterocycles. The number of hydrogen-bond donors (Lipinski definition) is 1. The van der Waals surface area contributed by atoms with E-state index in [9.17, 15) is 0 Å². The normalized spacial score (nSPS) is 41.7. The van der Waals surface area contributed by atoms with Gasteiger partial charge in [-0.05, 0) is 37.1 Å². The molecule has 1 fully saturated rings. The molecule has 2 unspecified atom stereocenters. The monoisotopic (exact) mass is 141 g/mol. The van der Waals surface area contributed by atoms with E-state index in [4.69, 9.17) is 5.73 Å². The lowest BCUT2D eigenvalue weighted by Crippen LogP contribution is -2.25. The van der Waals surface area contributed by atoms with Crippen molar-refractivity contribution in [2.75, 3.05) is 6.54 Å². The van der Waals surface area contributed by atoms with Crippen molar-refractivity contribution < 1.29 is 0 Å². The van der Waals surface area contributed by atoms with Gasteiger partial charge in [0.25, 0.3) is 0 Å². The van der Waals surface area contributed by atoms with Crippen molar-refractivity contribution in [2.45, 2.75) is 33.1 Å². The molecule has 1 saturated carbocycles. The fraction of sp³-hybridized carbons (Fsp3) is 1.00. The van der Waals surface area contributed by atoms with Crippen LogP contribution in [0.4, 0.5) is 0 Å². The molecule has 1 nitrogen and oxygen atoms in total. The van der Waals surface area contributed by atoms with Crippen LogP contribution in [0.15, 0.2) is 0 Å². The van der Waals surface area contributed by atoms with Crippen LogP contribution < -0.4 is 5.73 Å². The Bertz CT molecular complexity index is 101. The molecule has 0 aliphatic heterocycles. The summed E-state index contributed by atoms with van der Waals surface area (Å²) in [7, 11) is 0. The van der Waals surface area contributed by atoms with Crippen LogP contribution >= 0.6 is 0 Å². The first-order valence-electron chi connectivity index (χ1n) is 4.44. The van der Waals surface area contributed by atoms with Crippen LogP contribution in [0, 0.1) is 17.8 Å². The van der Waals surface area contributed by atoms with Crippen molar-refractivity contribution in [3.8, 4) is 0 Å². The second-order valence-electron chi connectivity index (χ2n) is 3.87. The molecule has 0 radical (unpaired) electrons. The zero-order chi connectivity index (χ0) is 7.56. The van der Waals surface area contributed by atoms with Crippen molar-refractivity contribution >= 4 is 0 Å². The van der Waals surface area contributed by atoms with Gasteiger partial charge in [-0.1, -0.05) is 20.3 Å². The number of nitrogens with two attached hydrogens (primary N) is 1. The molecule has 10 heavy (non-hydrogen) atoms. The molecule has 3 atom stereocenters. The third kappa shape index (κ3) is 1.72. The van der Waals surface area contributed by atoms with Crippen molar-refractivity contribution in [1.29, 1.82) is 0 Å². The molecule has 0 spiro atoms. The predicted octanol–water partition coefficient (Wildman–Crippen LogP) is 2.02. The Labute approximate surface area is 64.0 Å². The molecule has 1 heteroatoms. The second kappa shape index (κ2) is 3.38. The van der Waals surface area contributed by atoms with E-state index < -0.39 is 0 Å². The molecular formula is C9H19N. The molecule has 1 rings (SSSR count). The van der Waals surface area contributed by atoms with Gasteiger partial charge >= 0.3 is 0 Å². The summed E-state index contributed by atoms with van der Waals surface area (Å²) < 4.78 is 0. The van der Waals surface area contributed by atoms with Crippen molar-refractivity contribution in [3.63, 3.8) is 0 Å². The van der Waals surface area contributed by atoms with Crippen LogP contribution in [0.3, 0.4) is 0 Å². The average molecular weight is 141 g/mol. The Morgan fingerprint density at radius 2 is 1.90 bits per heavy atom. The molecule has 0 bridgehead atoms. The fourth-order valence-electron chi connectivity index (χ4n) is 1.87. The van der Waals surface area contributed by atoms with Gasteiger partial charge < -0.3 is 5.73 Å². The minimum Gasteiger partial charge on any atom is -0.330 e. The first kappa shape index (κ1) is 8.06. The van der Waals surface area contributed by atoms with E-state index >= 15 is 0 Å². The Balaban J connectivity index is 2.33. The maximum atomic E-state index is 5.61. The van der Waals surface area contributed by atoms with Gasteiger partial charge in [-0.15, -0.1) is 0 Å². The summed E-state index contributed by atoms with van der Waals surface area (Å²) in [5.41, 5.74) is 5.61. The van der Waals surface area contributed by atoms with Crippen LogP contribution in [0.2, 0.25) is 0 Å². The third-order valence-corrected chi connectivity index (χ3v) is 3.04. The SMILES string of the molecule is CC1CC[C@H](CN)CC1C. The highest BCUT2D eigenvalue weighted by atomic mass is 14.6. The quantitative estimate of drug-likeness (QED) is 0.594. The van der Waals surface area contributed by atoms with Crippen LogP contribution in [0.5, 0.6) is 0 Å². The molecule has 0 saturated heterocycles. The molecular weight excluding hydrogens is 122 g/mol. The van der Waals surface area contributed by atoms with Crippen molar-refractivity contribution in [2.24, 2.45) is 23.5 Å². The summed E-state index contributed by atoms with van der Waals surface area (Å²) in [5, 5.41) is 0. The van der Waals surface area contributed by atoms with Gasteiger partial charge in [0.05, 0.1) is 0 Å². The average Bonchev–Trinajstić information content (AvgIpc) is 1.95. The van der Waals surface area contributed by atoms with E-state index in [1.165, 1.54) is 19.3 Å². The first-order valence-corrected chi connectivity index (χ1v) is 4.44. The summed E-state index contributed by atoms with van der Waals surface area (Å²) in [5.74, 6) is 2.66. The highest BCUT2D eigenvalue weighted by molar-refractivity contribution is 4.75. The van der Waals surface area contributed by atoms with Crippen LogP contribution in [-0.4, -0.2) is 6.54 Å². The largest absolute Gasteiger partial charge is 0.330 e. The molecule has 2 N–H and O–H groups in total. The smallest absolute Gasteiger partial charge is 0.00488 e. The first-order chi connectivity index (χ1) is 4.74. The van der Waals surface area contributed by atoms with Crippen LogP contribution in [-0.2, 0) is 0 Å². The van der Waals surface area contributed by atoms with E-state index in [2.05, 4.69) is 13.8 Å². The Morgan fingerprint density at radius 3 is 2.40 bits per heavy atom. The maximum absolute atomic E-state index is 5.61. The molecule has 0 heterocycles. The van der Waals surface area contributed by atoms with Gasteiger partial charge in [-0.3, -0.25) is 0 Å². The lowest BCUT2D eigenvalue weighted by Gasteiger charge is -2.31. The molecule has 0 amide bonds. The minimum atomic E-state index is 0.825. The van der Waals surface area contributed by atoms with Crippen molar-refractivity contribution in [1.82, 2.24) is 0 Å². The lowest BCUT2D eigenvalue weighted by atomic mass is 9.76. The van der Waals surface area contributed by atoms with Gasteiger partial charge in [-0.2, -0.15) is 0 Å². The Morgan fingerprint density at radius 1 is 1.20 bits per heavy atom. The summed E-state index contributed by atoms with van der Waals surface area (Å²) >= 11 is 0. The third-order valence-electron chi connectivity index (χ3n) is 3.04. The lowest BCUT2D eigenvalue weighted by molar-refractivity contribution is 0.213. The number of rotatable bonds is 1. The van der Waals surface area contributed by atoms with Gasteiger partial charge in [0, 0.05) is 0 Å². The molecule has 0 aromatic rings. The van der Waals surface area contributed by atoms with Crippen LogP contribution in [0.1, 0.15) is 33.1 Å². The van der Waals surface area contributed by atoms with Gasteiger partial charge in [0.1, 0.15) is 0 Å². The highest BCUT2D eigenvalue weighted by Gasteiger charge is 2.22. The van der Waals surface area contributed by atoms with E-state index in [0.29, 0.717) is 0 Å². The van der Waals surface area contributed by atoms with E-state index in [1.54, 1.807) is 0 Å². The predicted molar refractivity (Wildman–Crippen MR) is 44.7 cm³/mol. The topological polar surface area (TPSA) is 26.0 Å². The van der Waals surface area contributed by atoms with Gasteiger partial charge in [0.2, 0.25) is 0 Å². The van der Waals surface area contributed by atoms with E-state index in [0.717, 1.165) is 24.3 Å². The van der Waals surface area contributed by atoms with Crippen molar-refractivity contribution in [3.05, 3.63) is 0 Å². The van der Waals surface area contributed by atoms with Gasteiger partial charge in [0.15, 0.2) is 0 Å². The summed E-state index contributed by atoms with van der Waals surface area (Å²) in [4.78, 5) is 0. The second-order valence-corrected chi connectivity index (χ2v) is 3.87. The fourth-order valence-corrected chi connectivity index (χ4v) is 1.87. The standard InChI is InChI=1S/C9H19N/c1-7-3-4-9(6-10)5-8(7)2/h7-9H,3-6,10H2,1-2H3/t7?,8?,9-/m0/s1. The zero-order valence-corrected chi connectivity index (χ0v) is 7.14. The molecule has 1 aliphatic carbocycles. The number of hydrogen-bond acceptors (Lipinski definition) is 1. The molecule has 1 aliphatic rings. The summed E-state index contributed by atoms with van der Waals surface area (Å²) in [6, 6.07) is 0.